The second kappa shape index (κ2) is 4.61. The molecule has 4 heterocycles. The Morgan fingerprint density at radius 3 is 2.96 bits per heavy atom. The van der Waals surface area contributed by atoms with Gasteiger partial charge in [-0.25, -0.2) is 0 Å². The van der Waals surface area contributed by atoms with E-state index in [1.165, 1.54) is 0 Å². The Bertz CT molecular complexity index is 834. The molecule has 2 bridgehead atoms. The smallest absolute Gasteiger partial charge is 0.235 e. The normalized spacial score (nSPS) is 44.1. The molecule has 6 atom stereocenters. The molecule has 5 rings (SSSR count). The zero-order chi connectivity index (χ0) is 17.6. The van der Waals surface area contributed by atoms with Gasteiger partial charge in [0.1, 0.15) is 6.23 Å². The third-order valence-corrected chi connectivity index (χ3v) is 6.71. The SMILES string of the molecule is Cc1cc(N2C(=O)[C@H]3[C@H]4[C@@H]2OCC[C@@]42O[C@]3(C)C[C@@H]2N)ccc1C#N. The second-order valence-electron chi connectivity index (χ2n) is 8.01. The van der Waals surface area contributed by atoms with Crippen molar-refractivity contribution in [1.82, 2.24) is 0 Å². The second-order valence-corrected chi connectivity index (χ2v) is 8.01. The highest BCUT2D eigenvalue weighted by Crippen LogP contribution is 2.64. The lowest BCUT2D eigenvalue weighted by Crippen LogP contribution is -2.59. The van der Waals surface area contributed by atoms with Crippen molar-refractivity contribution in [3.05, 3.63) is 29.3 Å². The third-order valence-electron chi connectivity index (χ3n) is 6.71. The quantitative estimate of drug-likeness (QED) is 0.836. The Morgan fingerprint density at radius 1 is 1.44 bits per heavy atom. The van der Waals surface area contributed by atoms with Crippen LogP contribution in [0.4, 0.5) is 5.69 Å². The molecular formula is C19H21N3O3. The number of fused-ring (bicyclic) bond motifs is 2. The van der Waals surface area contributed by atoms with E-state index >= 15 is 0 Å². The Hall–Kier alpha value is -1.94. The number of nitrogens with two attached hydrogens (primary N) is 1. The lowest BCUT2D eigenvalue weighted by molar-refractivity contribution is -0.142. The summed E-state index contributed by atoms with van der Waals surface area (Å²) in [5.74, 6) is -0.190. The number of hydrogen-bond donors (Lipinski definition) is 1. The molecule has 0 radical (unpaired) electrons. The van der Waals surface area contributed by atoms with E-state index in [2.05, 4.69) is 6.07 Å². The minimum atomic E-state index is -0.510. The summed E-state index contributed by atoms with van der Waals surface area (Å²) in [5, 5.41) is 9.15. The van der Waals surface area contributed by atoms with Crippen LogP contribution in [0.5, 0.6) is 0 Å². The van der Waals surface area contributed by atoms with E-state index in [1.807, 2.05) is 26.0 Å². The molecule has 0 aromatic heterocycles. The van der Waals surface area contributed by atoms with Crippen LogP contribution in [-0.4, -0.2) is 36.0 Å². The van der Waals surface area contributed by atoms with Gasteiger partial charge in [-0.1, -0.05) is 0 Å². The highest BCUT2D eigenvalue weighted by Gasteiger charge is 2.77. The molecular weight excluding hydrogens is 318 g/mol. The fourth-order valence-corrected chi connectivity index (χ4v) is 5.70. The molecule has 4 aliphatic heterocycles. The largest absolute Gasteiger partial charge is 0.366 e. The first kappa shape index (κ1) is 15.3. The van der Waals surface area contributed by atoms with Crippen molar-refractivity contribution in [2.24, 2.45) is 17.6 Å². The average Bonchev–Trinajstić information content (AvgIpc) is 3.11. The van der Waals surface area contributed by atoms with Crippen molar-refractivity contribution >= 4 is 11.6 Å². The van der Waals surface area contributed by atoms with Crippen LogP contribution in [0.15, 0.2) is 18.2 Å². The Labute approximate surface area is 146 Å². The number of benzene rings is 1. The van der Waals surface area contributed by atoms with Gasteiger partial charge in [0.2, 0.25) is 5.91 Å². The zero-order valence-corrected chi connectivity index (χ0v) is 14.4. The van der Waals surface area contributed by atoms with Crippen LogP contribution in [-0.2, 0) is 14.3 Å². The predicted molar refractivity (Wildman–Crippen MR) is 89.5 cm³/mol. The molecule has 1 amide bonds. The van der Waals surface area contributed by atoms with Crippen molar-refractivity contribution in [2.45, 2.75) is 50.2 Å². The van der Waals surface area contributed by atoms with Gasteiger partial charge in [0, 0.05) is 24.1 Å². The minimum absolute atomic E-state index is 0.0292. The first-order chi connectivity index (χ1) is 11.9. The first-order valence-electron chi connectivity index (χ1n) is 8.82. The Morgan fingerprint density at radius 2 is 2.24 bits per heavy atom. The van der Waals surface area contributed by atoms with Gasteiger partial charge in [-0.15, -0.1) is 0 Å². The van der Waals surface area contributed by atoms with Crippen LogP contribution < -0.4 is 10.6 Å². The van der Waals surface area contributed by atoms with Gasteiger partial charge < -0.3 is 15.2 Å². The van der Waals surface area contributed by atoms with E-state index in [4.69, 9.17) is 20.5 Å². The summed E-state index contributed by atoms with van der Waals surface area (Å²) in [5.41, 5.74) is 7.75. The average molecular weight is 339 g/mol. The summed E-state index contributed by atoms with van der Waals surface area (Å²) >= 11 is 0. The van der Waals surface area contributed by atoms with Gasteiger partial charge >= 0.3 is 0 Å². The van der Waals surface area contributed by atoms with Crippen molar-refractivity contribution in [3.8, 4) is 6.07 Å². The van der Waals surface area contributed by atoms with Gasteiger partial charge in [0.15, 0.2) is 0 Å². The number of carbonyl (C=O) groups is 1. The zero-order valence-electron chi connectivity index (χ0n) is 14.4. The van der Waals surface area contributed by atoms with Gasteiger partial charge in [-0.2, -0.15) is 5.26 Å². The summed E-state index contributed by atoms with van der Waals surface area (Å²) < 4.78 is 12.5. The number of nitrogens with zero attached hydrogens (tertiary/aromatic N) is 2. The number of aryl methyl sites for hydroxylation is 1. The number of anilines is 1. The molecule has 130 valence electrons. The third kappa shape index (κ3) is 1.66. The Kier molecular flexibility index (Phi) is 2.83. The molecule has 1 aromatic rings. The maximum atomic E-state index is 13.4. The van der Waals surface area contributed by atoms with Gasteiger partial charge in [-0.3, -0.25) is 9.69 Å². The van der Waals surface area contributed by atoms with Crippen molar-refractivity contribution < 1.29 is 14.3 Å². The predicted octanol–water partition coefficient (Wildman–Crippen LogP) is 1.45. The van der Waals surface area contributed by atoms with E-state index < -0.39 is 11.2 Å². The molecule has 6 nitrogen and oxygen atoms in total. The molecule has 4 aliphatic rings. The molecule has 0 unspecified atom stereocenters. The number of ether oxygens (including phenoxy) is 2. The molecule has 4 fully saturated rings. The first-order valence-corrected chi connectivity index (χ1v) is 8.82. The topological polar surface area (TPSA) is 88.6 Å². The van der Waals surface area contributed by atoms with Crippen molar-refractivity contribution in [2.75, 3.05) is 11.5 Å². The maximum Gasteiger partial charge on any atom is 0.235 e. The summed E-state index contributed by atoms with van der Waals surface area (Å²) in [6.07, 6.45) is 1.12. The molecule has 0 saturated carbocycles. The molecule has 0 aliphatic carbocycles. The van der Waals surface area contributed by atoms with Gasteiger partial charge in [-0.05, 0) is 44.0 Å². The summed E-state index contributed by atoms with van der Waals surface area (Å²) in [6.45, 7) is 4.44. The van der Waals surface area contributed by atoms with E-state index in [9.17, 15) is 4.79 Å². The number of nitriles is 1. The Balaban J connectivity index is 1.62. The maximum absolute atomic E-state index is 13.4. The summed E-state index contributed by atoms with van der Waals surface area (Å²) in [7, 11) is 0. The number of amides is 1. The number of carbonyl (C=O) groups excluding carboxylic acids is 1. The fraction of sp³-hybridized carbons (Fsp3) is 0.579. The minimum Gasteiger partial charge on any atom is -0.366 e. The van der Waals surface area contributed by atoms with E-state index in [0.29, 0.717) is 18.6 Å². The van der Waals surface area contributed by atoms with Crippen molar-refractivity contribution in [3.63, 3.8) is 0 Å². The lowest BCUT2D eigenvalue weighted by atomic mass is 9.64. The molecule has 25 heavy (non-hydrogen) atoms. The number of hydrogen-bond acceptors (Lipinski definition) is 5. The molecule has 1 spiro atoms. The van der Waals surface area contributed by atoms with Crippen LogP contribution in [0.25, 0.3) is 0 Å². The van der Waals surface area contributed by atoms with E-state index in [-0.39, 0.29) is 30.0 Å². The highest BCUT2D eigenvalue weighted by molar-refractivity contribution is 6.00. The van der Waals surface area contributed by atoms with Crippen LogP contribution in [0.3, 0.4) is 0 Å². The highest BCUT2D eigenvalue weighted by atomic mass is 16.6. The summed E-state index contributed by atoms with van der Waals surface area (Å²) in [4.78, 5) is 15.1. The number of rotatable bonds is 1. The molecule has 4 saturated heterocycles. The van der Waals surface area contributed by atoms with Gasteiger partial charge in [0.05, 0.1) is 35.4 Å². The van der Waals surface area contributed by atoms with Crippen LogP contribution in [0.2, 0.25) is 0 Å². The summed E-state index contributed by atoms with van der Waals surface area (Å²) in [6, 6.07) is 7.61. The van der Waals surface area contributed by atoms with Gasteiger partial charge in [0.25, 0.3) is 0 Å². The molecule has 2 N–H and O–H groups in total. The van der Waals surface area contributed by atoms with Crippen LogP contribution >= 0.6 is 0 Å². The lowest BCUT2D eigenvalue weighted by Gasteiger charge is -2.44. The monoisotopic (exact) mass is 339 g/mol. The van der Waals surface area contributed by atoms with E-state index in [1.54, 1.807) is 11.0 Å². The van der Waals surface area contributed by atoms with Crippen LogP contribution in [0, 0.1) is 30.1 Å². The molecule has 1 aromatic carbocycles. The standard InChI is InChI=1S/C19H21N3O3/c1-10-7-12(4-3-11(10)9-20)22-16(23)14-15-17(22)24-6-5-19(15)13(21)8-18(14,2)25-19/h3-4,7,13-15,17H,5-6,8,21H2,1-2H3/t13-,14+,15-,17-,18+,19-/m0/s1. The van der Waals surface area contributed by atoms with Crippen LogP contribution in [0.1, 0.15) is 30.9 Å². The molecule has 6 heteroatoms. The van der Waals surface area contributed by atoms with E-state index in [0.717, 1.165) is 17.7 Å². The van der Waals surface area contributed by atoms with Crippen molar-refractivity contribution in [1.29, 1.82) is 5.26 Å². The fourth-order valence-electron chi connectivity index (χ4n) is 5.70.